The lowest BCUT2D eigenvalue weighted by atomic mass is 10.1. The minimum absolute atomic E-state index is 0.0889. The van der Waals surface area contributed by atoms with Crippen molar-refractivity contribution in [3.8, 4) is 0 Å². The van der Waals surface area contributed by atoms with Gasteiger partial charge in [0.15, 0.2) is 0 Å². The minimum atomic E-state index is -0.0889. The van der Waals surface area contributed by atoms with Gasteiger partial charge in [0.1, 0.15) is 5.69 Å². The highest BCUT2D eigenvalue weighted by molar-refractivity contribution is 7.09. The second kappa shape index (κ2) is 7.04. The molecule has 122 valence electrons. The number of piperidine rings is 1. The van der Waals surface area contributed by atoms with Crippen molar-refractivity contribution in [3.05, 3.63) is 34.5 Å². The summed E-state index contributed by atoms with van der Waals surface area (Å²) >= 11 is 1.54. The molecule has 1 amide bonds. The number of hydrogen-bond acceptors (Lipinski definition) is 6. The van der Waals surface area contributed by atoms with Gasteiger partial charge in [0.05, 0.1) is 5.01 Å². The van der Waals surface area contributed by atoms with Crippen molar-refractivity contribution in [2.45, 2.75) is 38.6 Å². The van der Waals surface area contributed by atoms with Crippen molar-refractivity contribution in [2.75, 3.05) is 18.0 Å². The lowest BCUT2D eigenvalue weighted by Gasteiger charge is -2.32. The van der Waals surface area contributed by atoms with Crippen LogP contribution in [-0.4, -0.2) is 40.0 Å². The number of amides is 1. The largest absolute Gasteiger partial charge is 0.346 e. The predicted molar refractivity (Wildman–Crippen MR) is 90.9 cm³/mol. The van der Waals surface area contributed by atoms with Crippen molar-refractivity contribution in [1.29, 1.82) is 0 Å². The molecule has 23 heavy (non-hydrogen) atoms. The fraction of sp³-hybridized carbons (Fsp3) is 0.500. The molecule has 0 spiro atoms. The van der Waals surface area contributed by atoms with Crippen molar-refractivity contribution in [3.63, 3.8) is 0 Å². The van der Waals surface area contributed by atoms with Crippen LogP contribution >= 0.6 is 11.3 Å². The molecule has 2 aromatic heterocycles. The van der Waals surface area contributed by atoms with Gasteiger partial charge in [0.25, 0.3) is 5.91 Å². The number of thiazole rings is 1. The molecule has 1 atom stereocenters. The molecule has 0 saturated carbocycles. The lowest BCUT2D eigenvalue weighted by Crippen LogP contribution is -2.48. The van der Waals surface area contributed by atoms with E-state index in [1.54, 1.807) is 29.8 Å². The zero-order chi connectivity index (χ0) is 16.2. The van der Waals surface area contributed by atoms with Crippen molar-refractivity contribution < 1.29 is 4.79 Å². The third-order valence-corrected chi connectivity index (χ3v) is 4.99. The Morgan fingerprint density at radius 2 is 2.17 bits per heavy atom. The number of aromatic nitrogens is 3. The van der Waals surface area contributed by atoms with Gasteiger partial charge in [-0.15, -0.1) is 11.3 Å². The fourth-order valence-corrected chi connectivity index (χ4v) is 3.46. The lowest BCUT2D eigenvalue weighted by molar-refractivity contribution is 0.0928. The summed E-state index contributed by atoms with van der Waals surface area (Å²) in [5.74, 6) is 0.984. The molecule has 1 N–H and O–H groups in total. The predicted octanol–water partition coefficient (Wildman–Crippen LogP) is 2.46. The quantitative estimate of drug-likeness (QED) is 0.932. The van der Waals surface area contributed by atoms with Gasteiger partial charge < -0.3 is 10.2 Å². The first-order valence-corrected chi connectivity index (χ1v) is 8.79. The van der Waals surface area contributed by atoms with E-state index in [4.69, 9.17) is 0 Å². The average Bonchev–Trinajstić information content (AvgIpc) is 3.06. The molecule has 1 fully saturated rings. The molecule has 6 nitrogen and oxygen atoms in total. The number of hydrogen-bond donors (Lipinski definition) is 1. The van der Waals surface area contributed by atoms with Crippen LogP contribution in [0.2, 0.25) is 0 Å². The molecule has 3 rings (SSSR count). The molecular weight excluding hydrogens is 310 g/mol. The van der Waals surface area contributed by atoms with Crippen LogP contribution in [0, 0.1) is 0 Å². The van der Waals surface area contributed by atoms with Crippen LogP contribution in [0.25, 0.3) is 0 Å². The van der Waals surface area contributed by atoms with Gasteiger partial charge in [-0.3, -0.25) is 4.79 Å². The number of nitrogens with one attached hydrogen (secondary N) is 1. The highest BCUT2D eigenvalue weighted by Gasteiger charge is 2.24. The Morgan fingerprint density at radius 1 is 1.39 bits per heavy atom. The summed E-state index contributed by atoms with van der Waals surface area (Å²) in [6.45, 7) is 5.82. The zero-order valence-electron chi connectivity index (χ0n) is 13.4. The highest BCUT2D eigenvalue weighted by Crippen LogP contribution is 2.20. The Morgan fingerprint density at radius 3 is 2.87 bits per heavy atom. The maximum absolute atomic E-state index is 12.4. The number of anilines is 1. The monoisotopic (exact) mass is 331 g/mol. The normalized spacial score (nSPS) is 18.2. The molecular formula is C16H21N5OS. The Kier molecular flexibility index (Phi) is 4.85. The highest BCUT2D eigenvalue weighted by atomic mass is 32.1. The van der Waals surface area contributed by atoms with Crippen LogP contribution in [0.3, 0.4) is 0 Å². The number of rotatable bonds is 4. The maximum Gasteiger partial charge on any atom is 0.271 e. The number of carbonyl (C=O) groups excluding carboxylic acids is 1. The SMILES string of the molecule is CC(C)c1nc(C(=O)NC2CCCN(c3ncccn3)C2)cs1. The molecule has 0 radical (unpaired) electrons. The molecule has 0 aromatic carbocycles. The smallest absolute Gasteiger partial charge is 0.271 e. The molecule has 1 aliphatic heterocycles. The molecule has 1 saturated heterocycles. The first-order chi connectivity index (χ1) is 11.1. The molecule has 7 heteroatoms. The molecule has 2 aromatic rings. The third kappa shape index (κ3) is 3.85. The van der Waals surface area contributed by atoms with Gasteiger partial charge in [-0.05, 0) is 18.9 Å². The first-order valence-electron chi connectivity index (χ1n) is 7.91. The van der Waals surface area contributed by atoms with E-state index in [1.807, 2.05) is 5.38 Å². The van der Waals surface area contributed by atoms with E-state index >= 15 is 0 Å². The molecule has 0 bridgehead atoms. The van der Waals surface area contributed by atoms with Crippen LogP contribution in [0.4, 0.5) is 5.95 Å². The summed E-state index contributed by atoms with van der Waals surface area (Å²) in [5.41, 5.74) is 0.520. The van der Waals surface area contributed by atoms with Gasteiger partial charge in [-0.25, -0.2) is 15.0 Å². The second-order valence-corrected chi connectivity index (χ2v) is 6.92. The van der Waals surface area contributed by atoms with Crippen LogP contribution in [0.1, 0.15) is 48.1 Å². The van der Waals surface area contributed by atoms with Crippen LogP contribution in [-0.2, 0) is 0 Å². The van der Waals surface area contributed by atoms with Crippen molar-refractivity contribution >= 4 is 23.2 Å². The average molecular weight is 331 g/mol. The Balaban J connectivity index is 1.62. The summed E-state index contributed by atoms with van der Waals surface area (Å²) in [5, 5.41) is 5.93. The standard InChI is InChI=1S/C16H21N5OS/c1-11(2)15-20-13(10-23-15)14(22)19-12-5-3-8-21(9-12)16-17-6-4-7-18-16/h4,6-7,10-12H,3,5,8-9H2,1-2H3,(H,19,22). The first kappa shape index (κ1) is 15.9. The summed E-state index contributed by atoms with van der Waals surface area (Å²) in [4.78, 5) is 27.5. The summed E-state index contributed by atoms with van der Waals surface area (Å²) in [7, 11) is 0. The maximum atomic E-state index is 12.4. The molecule has 1 aliphatic rings. The zero-order valence-corrected chi connectivity index (χ0v) is 14.2. The Bertz CT molecular complexity index is 658. The summed E-state index contributed by atoms with van der Waals surface area (Å²) in [6.07, 6.45) is 5.47. The summed E-state index contributed by atoms with van der Waals surface area (Å²) in [6, 6.07) is 1.91. The van der Waals surface area contributed by atoms with Crippen LogP contribution in [0.5, 0.6) is 0 Å². The number of carbonyl (C=O) groups is 1. The van der Waals surface area contributed by atoms with E-state index in [0.29, 0.717) is 11.6 Å². The molecule has 3 heterocycles. The van der Waals surface area contributed by atoms with Gasteiger partial charge >= 0.3 is 0 Å². The van der Waals surface area contributed by atoms with Gasteiger partial charge in [0.2, 0.25) is 5.95 Å². The van der Waals surface area contributed by atoms with Crippen LogP contribution < -0.4 is 10.2 Å². The molecule has 0 aliphatic carbocycles. The van der Waals surface area contributed by atoms with E-state index in [-0.39, 0.29) is 11.9 Å². The Labute approximate surface area is 140 Å². The van der Waals surface area contributed by atoms with E-state index in [9.17, 15) is 4.79 Å². The Hall–Kier alpha value is -2.02. The third-order valence-electron chi connectivity index (χ3n) is 3.84. The van der Waals surface area contributed by atoms with E-state index in [2.05, 4.69) is 39.0 Å². The van der Waals surface area contributed by atoms with E-state index in [1.165, 1.54) is 0 Å². The molecule has 1 unspecified atom stereocenters. The fourth-order valence-electron chi connectivity index (χ4n) is 2.65. The van der Waals surface area contributed by atoms with E-state index < -0.39 is 0 Å². The van der Waals surface area contributed by atoms with E-state index in [0.717, 1.165) is 36.9 Å². The van der Waals surface area contributed by atoms with Crippen molar-refractivity contribution in [1.82, 2.24) is 20.3 Å². The minimum Gasteiger partial charge on any atom is -0.346 e. The topological polar surface area (TPSA) is 71.0 Å². The van der Waals surface area contributed by atoms with Crippen LogP contribution in [0.15, 0.2) is 23.8 Å². The van der Waals surface area contributed by atoms with Gasteiger partial charge in [-0.1, -0.05) is 13.8 Å². The van der Waals surface area contributed by atoms with Gasteiger partial charge in [-0.2, -0.15) is 0 Å². The van der Waals surface area contributed by atoms with Crippen molar-refractivity contribution in [2.24, 2.45) is 0 Å². The number of nitrogens with zero attached hydrogens (tertiary/aromatic N) is 4. The summed E-state index contributed by atoms with van der Waals surface area (Å²) < 4.78 is 0. The van der Waals surface area contributed by atoms with Gasteiger partial charge in [0, 0.05) is 42.8 Å². The second-order valence-electron chi connectivity index (χ2n) is 6.03.